The number of carbonyl (C=O) groups excluding carboxylic acids is 2. The summed E-state index contributed by atoms with van der Waals surface area (Å²) in [6.45, 7) is 2.45. The first kappa shape index (κ1) is 21.5. The molecule has 29 heavy (non-hydrogen) atoms. The second-order valence-electron chi connectivity index (χ2n) is 7.07. The molecule has 3 rings (SSSR count). The number of piperidine rings is 1. The van der Waals surface area contributed by atoms with Gasteiger partial charge in [0.05, 0.1) is 23.2 Å². The molecule has 156 valence electrons. The van der Waals surface area contributed by atoms with Crippen molar-refractivity contribution < 1.29 is 23.5 Å². The molecule has 2 aromatic rings. The van der Waals surface area contributed by atoms with E-state index in [0.29, 0.717) is 15.6 Å². The van der Waals surface area contributed by atoms with E-state index in [1.807, 2.05) is 0 Å². The number of aliphatic hydroxyl groups excluding tert-OH is 1. The molecule has 1 aliphatic heterocycles. The maximum absolute atomic E-state index is 13.4. The summed E-state index contributed by atoms with van der Waals surface area (Å²) < 4.78 is 26.4. The molecule has 1 fully saturated rings. The zero-order valence-electron chi connectivity index (χ0n) is 16.0. The molecule has 1 aliphatic rings. The van der Waals surface area contributed by atoms with Gasteiger partial charge in [0, 0.05) is 12.5 Å². The van der Waals surface area contributed by atoms with Crippen LogP contribution in [0.4, 0.5) is 8.78 Å². The van der Waals surface area contributed by atoms with Gasteiger partial charge in [-0.3, -0.25) is 9.59 Å². The van der Waals surface area contributed by atoms with Gasteiger partial charge in [-0.05, 0) is 44.0 Å². The first-order valence-corrected chi connectivity index (χ1v) is 10.3. The Bertz CT molecular complexity index is 897. The molecule has 6 nitrogen and oxygen atoms in total. The average molecular weight is 423 g/mol. The van der Waals surface area contributed by atoms with Gasteiger partial charge in [-0.15, -0.1) is 11.3 Å². The number of aliphatic hydroxyl groups is 1. The van der Waals surface area contributed by atoms with Crippen molar-refractivity contribution in [1.82, 2.24) is 15.6 Å². The lowest BCUT2D eigenvalue weighted by Gasteiger charge is -2.30. The molecule has 0 aliphatic carbocycles. The van der Waals surface area contributed by atoms with E-state index in [2.05, 4.69) is 15.6 Å². The summed E-state index contributed by atoms with van der Waals surface area (Å²) in [7, 11) is 0. The molecule has 0 spiro atoms. The predicted octanol–water partition coefficient (Wildman–Crippen LogP) is 2.33. The van der Waals surface area contributed by atoms with Gasteiger partial charge in [0.2, 0.25) is 5.78 Å². The van der Waals surface area contributed by atoms with Crippen LogP contribution in [0.15, 0.2) is 18.2 Å². The number of hydrogen-bond donors (Lipinski definition) is 3. The third-order valence-corrected chi connectivity index (χ3v) is 6.18. The number of rotatable bonds is 7. The van der Waals surface area contributed by atoms with Crippen molar-refractivity contribution in [3.63, 3.8) is 0 Å². The van der Waals surface area contributed by atoms with E-state index in [-0.39, 0.29) is 24.6 Å². The Kier molecular flexibility index (Phi) is 7.05. The number of aromatic nitrogens is 1. The van der Waals surface area contributed by atoms with E-state index < -0.39 is 29.4 Å². The van der Waals surface area contributed by atoms with E-state index in [1.165, 1.54) is 17.4 Å². The molecule has 0 radical (unpaired) electrons. The van der Waals surface area contributed by atoms with Crippen molar-refractivity contribution in [2.45, 2.75) is 51.3 Å². The van der Waals surface area contributed by atoms with Crippen LogP contribution in [0.1, 0.15) is 46.4 Å². The number of hydrogen-bond acceptors (Lipinski definition) is 6. The fourth-order valence-electron chi connectivity index (χ4n) is 3.36. The van der Waals surface area contributed by atoms with E-state index in [0.717, 1.165) is 37.9 Å². The SMILES string of the molecule is Cc1nc(C(NC(=O)C(=O)Cc2ccc(F)c(F)c2)C2CCCCN2)sc1CO. The summed E-state index contributed by atoms with van der Waals surface area (Å²) in [4.78, 5) is 30.1. The largest absolute Gasteiger partial charge is 0.391 e. The van der Waals surface area contributed by atoms with Gasteiger partial charge in [0.15, 0.2) is 11.6 Å². The van der Waals surface area contributed by atoms with Crippen LogP contribution in [0.2, 0.25) is 0 Å². The molecule has 9 heteroatoms. The summed E-state index contributed by atoms with van der Waals surface area (Å²) in [5, 5.41) is 16.2. The molecular weight excluding hydrogens is 400 g/mol. The Hall–Kier alpha value is -2.23. The van der Waals surface area contributed by atoms with Crippen molar-refractivity contribution >= 4 is 23.0 Å². The van der Waals surface area contributed by atoms with E-state index in [4.69, 9.17) is 0 Å². The number of carbonyl (C=O) groups is 2. The van der Waals surface area contributed by atoms with Gasteiger partial charge in [0.25, 0.3) is 5.91 Å². The Labute approximate surface area is 171 Å². The van der Waals surface area contributed by atoms with Gasteiger partial charge in [-0.2, -0.15) is 0 Å². The minimum Gasteiger partial charge on any atom is -0.391 e. The average Bonchev–Trinajstić information content (AvgIpc) is 3.09. The molecular formula is C20H23F2N3O3S. The first-order valence-electron chi connectivity index (χ1n) is 9.47. The van der Waals surface area contributed by atoms with Crippen LogP contribution in [-0.4, -0.2) is 34.4 Å². The molecule has 1 amide bonds. The highest BCUT2D eigenvalue weighted by atomic mass is 32.1. The number of nitrogens with zero attached hydrogens (tertiary/aromatic N) is 1. The van der Waals surface area contributed by atoms with Crippen LogP contribution >= 0.6 is 11.3 Å². The van der Waals surface area contributed by atoms with Crippen LogP contribution in [0.25, 0.3) is 0 Å². The highest BCUT2D eigenvalue weighted by molar-refractivity contribution is 7.11. The van der Waals surface area contributed by atoms with Crippen molar-refractivity contribution in [2.24, 2.45) is 0 Å². The maximum Gasteiger partial charge on any atom is 0.288 e. The molecule has 3 N–H and O–H groups in total. The van der Waals surface area contributed by atoms with Gasteiger partial charge in [0.1, 0.15) is 5.01 Å². The number of Topliss-reactive ketones (excluding diaryl/α,β-unsaturated/α-hetero) is 1. The lowest BCUT2D eigenvalue weighted by molar-refractivity contribution is -0.138. The number of nitrogens with one attached hydrogen (secondary N) is 2. The van der Waals surface area contributed by atoms with E-state index in [9.17, 15) is 23.5 Å². The van der Waals surface area contributed by atoms with Crippen molar-refractivity contribution in [3.05, 3.63) is 51.0 Å². The zero-order chi connectivity index (χ0) is 21.0. The van der Waals surface area contributed by atoms with Crippen LogP contribution in [0, 0.1) is 18.6 Å². The Morgan fingerprint density at radius 1 is 1.34 bits per heavy atom. The van der Waals surface area contributed by atoms with Gasteiger partial charge in [-0.25, -0.2) is 13.8 Å². The summed E-state index contributed by atoms with van der Waals surface area (Å²) in [5.74, 6) is -3.61. The smallest absolute Gasteiger partial charge is 0.288 e. The minimum atomic E-state index is -1.06. The van der Waals surface area contributed by atoms with Crippen LogP contribution in [0.5, 0.6) is 0 Å². The minimum absolute atomic E-state index is 0.0825. The lowest BCUT2D eigenvalue weighted by Crippen LogP contribution is -2.47. The van der Waals surface area contributed by atoms with Crippen LogP contribution < -0.4 is 10.6 Å². The maximum atomic E-state index is 13.4. The highest BCUT2D eigenvalue weighted by Gasteiger charge is 2.31. The van der Waals surface area contributed by atoms with Crippen LogP contribution in [0.3, 0.4) is 0 Å². The Morgan fingerprint density at radius 2 is 2.14 bits per heavy atom. The Balaban J connectivity index is 1.75. The lowest BCUT2D eigenvalue weighted by atomic mass is 9.97. The van der Waals surface area contributed by atoms with Gasteiger partial charge >= 0.3 is 0 Å². The number of halogens is 2. The summed E-state index contributed by atoms with van der Waals surface area (Å²) in [6.07, 6.45) is 2.51. The Morgan fingerprint density at radius 3 is 2.76 bits per heavy atom. The first-order chi connectivity index (χ1) is 13.9. The van der Waals surface area contributed by atoms with E-state index >= 15 is 0 Å². The fraction of sp³-hybridized carbons (Fsp3) is 0.450. The second-order valence-corrected chi connectivity index (χ2v) is 8.19. The molecule has 0 saturated carbocycles. The number of thiazole rings is 1. The summed E-state index contributed by atoms with van der Waals surface area (Å²) in [6, 6.07) is 2.53. The van der Waals surface area contributed by atoms with Crippen molar-refractivity contribution in [2.75, 3.05) is 6.54 Å². The fourth-order valence-corrected chi connectivity index (χ4v) is 4.41. The van der Waals surface area contributed by atoms with E-state index in [1.54, 1.807) is 6.92 Å². The molecule has 2 atom stereocenters. The quantitative estimate of drug-likeness (QED) is 0.595. The number of benzene rings is 1. The summed E-state index contributed by atoms with van der Waals surface area (Å²) in [5.41, 5.74) is 0.916. The number of ketones is 1. The molecule has 1 aromatic heterocycles. The predicted molar refractivity (Wildman–Crippen MR) is 104 cm³/mol. The summed E-state index contributed by atoms with van der Waals surface area (Å²) >= 11 is 1.30. The molecule has 1 saturated heterocycles. The van der Waals surface area contributed by atoms with Gasteiger partial charge in [-0.1, -0.05) is 12.5 Å². The molecule has 2 heterocycles. The van der Waals surface area contributed by atoms with Crippen molar-refractivity contribution in [3.8, 4) is 0 Å². The molecule has 2 unspecified atom stereocenters. The number of aryl methyl sites for hydroxylation is 1. The zero-order valence-corrected chi connectivity index (χ0v) is 16.8. The molecule has 0 bridgehead atoms. The highest BCUT2D eigenvalue weighted by Crippen LogP contribution is 2.29. The van der Waals surface area contributed by atoms with Gasteiger partial charge < -0.3 is 15.7 Å². The standard InChI is InChI=1S/C20H23F2N3O3S/c1-11-17(10-26)29-20(24-11)18(15-4-2-3-7-23-15)25-19(28)16(27)9-12-5-6-13(21)14(22)8-12/h5-6,8,15,18,23,26H,2-4,7,9-10H2,1H3,(H,25,28). The van der Waals surface area contributed by atoms with Crippen LogP contribution in [-0.2, 0) is 22.6 Å². The molecule has 1 aromatic carbocycles. The number of amides is 1. The third kappa shape index (κ3) is 5.23. The monoisotopic (exact) mass is 423 g/mol. The topological polar surface area (TPSA) is 91.3 Å². The van der Waals surface area contributed by atoms with Crippen molar-refractivity contribution in [1.29, 1.82) is 0 Å². The second kappa shape index (κ2) is 9.51. The normalized spacial score (nSPS) is 17.7. The third-order valence-electron chi connectivity index (χ3n) is 4.96.